The summed E-state index contributed by atoms with van der Waals surface area (Å²) < 4.78 is 55.7. The molecule has 0 unspecified atom stereocenters. The van der Waals surface area contributed by atoms with Crippen LogP contribution in [0.15, 0.2) is 42.5 Å². The maximum atomic E-state index is 13.1. The van der Waals surface area contributed by atoms with Crippen LogP contribution in [-0.4, -0.2) is 38.2 Å². The molecule has 2 aromatic carbocycles. The number of hydrogen-bond acceptors (Lipinski definition) is 4. The Balaban J connectivity index is 1.75. The highest BCUT2D eigenvalue weighted by Gasteiger charge is 2.33. The highest BCUT2D eigenvalue weighted by molar-refractivity contribution is 5.91. The zero-order valence-electron chi connectivity index (χ0n) is 16.0. The van der Waals surface area contributed by atoms with E-state index >= 15 is 0 Å². The molecule has 154 valence electrons. The van der Waals surface area contributed by atoms with Crippen LogP contribution in [0.3, 0.4) is 0 Å². The number of amides is 1. The fourth-order valence-corrected chi connectivity index (χ4v) is 2.95. The van der Waals surface area contributed by atoms with Gasteiger partial charge >= 0.3 is 6.18 Å². The summed E-state index contributed by atoms with van der Waals surface area (Å²) in [5.41, 5.74) is -0.0750. The number of alkyl halides is 3. The van der Waals surface area contributed by atoms with E-state index in [1.807, 2.05) is 0 Å². The van der Waals surface area contributed by atoms with Gasteiger partial charge in [0.15, 0.2) is 11.5 Å². The van der Waals surface area contributed by atoms with Gasteiger partial charge in [-0.2, -0.15) is 13.2 Å². The Bertz CT molecular complexity index is 907. The summed E-state index contributed by atoms with van der Waals surface area (Å²) in [6.07, 6.45) is -1.63. The van der Waals surface area contributed by atoms with Gasteiger partial charge in [0.05, 0.1) is 12.7 Å². The molecule has 1 amide bonds. The molecule has 0 bridgehead atoms. The van der Waals surface area contributed by atoms with E-state index in [9.17, 15) is 18.0 Å². The van der Waals surface area contributed by atoms with E-state index in [0.717, 1.165) is 6.07 Å². The first-order valence-electron chi connectivity index (χ1n) is 8.85. The van der Waals surface area contributed by atoms with Crippen molar-refractivity contribution in [1.82, 2.24) is 4.90 Å². The maximum absolute atomic E-state index is 13.1. The number of hydrogen-bond donors (Lipinski definition) is 0. The Labute approximate surface area is 166 Å². The van der Waals surface area contributed by atoms with E-state index in [1.54, 1.807) is 18.2 Å². The van der Waals surface area contributed by atoms with Crippen LogP contribution in [0.25, 0.3) is 6.08 Å². The van der Waals surface area contributed by atoms with Gasteiger partial charge in [0, 0.05) is 19.7 Å². The number of halogens is 3. The number of carbonyl (C=O) groups is 1. The molecule has 1 heterocycles. The van der Waals surface area contributed by atoms with E-state index in [4.69, 9.17) is 14.2 Å². The maximum Gasteiger partial charge on any atom is 0.416 e. The molecular weight excluding hydrogens is 387 g/mol. The molecule has 0 aromatic heterocycles. The van der Waals surface area contributed by atoms with Gasteiger partial charge in [-0.05, 0) is 35.4 Å². The Morgan fingerprint density at radius 2 is 1.93 bits per heavy atom. The van der Waals surface area contributed by atoms with Gasteiger partial charge in [0.25, 0.3) is 0 Å². The molecule has 0 fully saturated rings. The molecule has 1 aliphatic rings. The smallest absolute Gasteiger partial charge is 0.416 e. The van der Waals surface area contributed by atoms with Crippen LogP contribution < -0.4 is 14.2 Å². The van der Waals surface area contributed by atoms with E-state index < -0.39 is 17.6 Å². The third-order valence-corrected chi connectivity index (χ3v) is 4.38. The average Bonchev–Trinajstić information content (AvgIpc) is 2.70. The summed E-state index contributed by atoms with van der Waals surface area (Å²) in [6.45, 7) is 0.661. The SMILES string of the molecule is COc1cc(/C=C/C(=O)N(C)Cc2ccccc2C(F)(F)F)cc2c1OCCO2. The lowest BCUT2D eigenvalue weighted by atomic mass is 10.1. The first-order chi connectivity index (χ1) is 13.8. The Kier molecular flexibility index (Phi) is 6.00. The van der Waals surface area contributed by atoms with Gasteiger partial charge in [0.1, 0.15) is 13.2 Å². The standard InChI is InChI=1S/C21H20F3NO4/c1-25(13-15-5-3-4-6-16(15)21(22,23)24)19(26)8-7-14-11-17(27-2)20-18(12-14)28-9-10-29-20/h3-8,11-12H,9-10,13H2,1-2H3/b8-7+. The molecule has 0 spiro atoms. The van der Waals surface area contributed by atoms with Crippen molar-refractivity contribution in [1.29, 1.82) is 0 Å². The number of methoxy groups -OCH3 is 1. The highest BCUT2D eigenvalue weighted by atomic mass is 19.4. The van der Waals surface area contributed by atoms with Crippen molar-refractivity contribution < 1.29 is 32.2 Å². The van der Waals surface area contributed by atoms with E-state index in [2.05, 4.69) is 0 Å². The minimum absolute atomic E-state index is 0.0326. The van der Waals surface area contributed by atoms with E-state index in [0.29, 0.717) is 36.0 Å². The van der Waals surface area contributed by atoms with Crippen molar-refractivity contribution in [3.05, 3.63) is 59.2 Å². The Hall–Kier alpha value is -3.16. The fraction of sp³-hybridized carbons (Fsp3) is 0.286. The highest BCUT2D eigenvalue weighted by Crippen LogP contribution is 2.40. The summed E-state index contributed by atoms with van der Waals surface area (Å²) >= 11 is 0. The summed E-state index contributed by atoms with van der Waals surface area (Å²) in [6, 6.07) is 8.60. The van der Waals surface area contributed by atoms with Gasteiger partial charge < -0.3 is 19.1 Å². The molecular formula is C21H20F3NO4. The molecule has 1 aliphatic heterocycles. The van der Waals surface area contributed by atoms with Crippen LogP contribution in [0.4, 0.5) is 13.2 Å². The largest absolute Gasteiger partial charge is 0.493 e. The number of nitrogens with zero attached hydrogens (tertiary/aromatic N) is 1. The number of carbonyl (C=O) groups excluding carboxylic acids is 1. The van der Waals surface area contributed by atoms with Crippen LogP contribution in [0.1, 0.15) is 16.7 Å². The number of benzene rings is 2. The zero-order valence-corrected chi connectivity index (χ0v) is 16.0. The molecule has 0 saturated heterocycles. The number of rotatable bonds is 5. The molecule has 0 radical (unpaired) electrons. The topological polar surface area (TPSA) is 48.0 Å². The van der Waals surface area contributed by atoms with Crippen molar-refractivity contribution in [2.75, 3.05) is 27.4 Å². The first kappa shape index (κ1) is 20.6. The van der Waals surface area contributed by atoms with Crippen molar-refractivity contribution in [2.45, 2.75) is 12.7 Å². The Morgan fingerprint density at radius 1 is 1.21 bits per heavy atom. The van der Waals surface area contributed by atoms with Gasteiger partial charge in [-0.3, -0.25) is 4.79 Å². The van der Waals surface area contributed by atoms with E-state index in [1.165, 1.54) is 43.3 Å². The lowest BCUT2D eigenvalue weighted by Crippen LogP contribution is -2.25. The quantitative estimate of drug-likeness (QED) is 0.699. The van der Waals surface area contributed by atoms with Crippen LogP contribution in [0.2, 0.25) is 0 Å². The molecule has 0 atom stereocenters. The predicted molar refractivity (Wildman–Crippen MR) is 101 cm³/mol. The second-order valence-corrected chi connectivity index (χ2v) is 6.43. The Morgan fingerprint density at radius 3 is 2.66 bits per heavy atom. The first-order valence-corrected chi connectivity index (χ1v) is 8.85. The molecule has 8 heteroatoms. The summed E-state index contributed by atoms with van der Waals surface area (Å²) in [7, 11) is 2.95. The molecule has 0 N–H and O–H groups in total. The fourth-order valence-electron chi connectivity index (χ4n) is 2.95. The summed E-state index contributed by atoms with van der Waals surface area (Å²) in [5.74, 6) is 1.05. The van der Waals surface area contributed by atoms with Crippen molar-refractivity contribution in [2.24, 2.45) is 0 Å². The summed E-state index contributed by atoms with van der Waals surface area (Å²) in [4.78, 5) is 13.6. The van der Waals surface area contributed by atoms with Crippen LogP contribution in [-0.2, 0) is 17.5 Å². The lowest BCUT2D eigenvalue weighted by Gasteiger charge is -2.21. The third-order valence-electron chi connectivity index (χ3n) is 4.38. The van der Waals surface area contributed by atoms with Gasteiger partial charge in [-0.1, -0.05) is 18.2 Å². The number of ether oxygens (including phenoxy) is 3. The molecule has 2 aromatic rings. The predicted octanol–water partition coefficient (Wildman–Crippen LogP) is 4.16. The van der Waals surface area contributed by atoms with Gasteiger partial charge in [0.2, 0.25) is 11.7 Å². The van der Waals surface area contributed by atoms with Crippen LogP contribution in [0, 0.1) is 0 Å². The second kappa shape index (κ2) is 8.46. The monoisotopic (exact) mass is 407 g/mol. The molecule has 29 heavy (non-hydrogen) atoms. The second-order valence-electron chi connectivity index (χ2n) is 6.43. The molecule has 0 saturated carbocycles. The minimum Gasteiger partial charge on any atom is -0.493 e. The molecule has 5 nitrogen and oxygen atoms in total. The van der Waals surface area contributed by atoms with Gasteiger partial charge in [-0.15, -0.1) is 0 Å². The third kappa shape index (κ3) is 4.82. The van der Waals surface area contributed by atoms with Gasteiger partial charge in [-0.25, -0.2) is 0 Å². The van der Waals surface area contributed by atoms with Crippen molar-refractivity contribution in [3.8, 4) is 17.2 Å². The lowest BCUT2D eigenvalue weighted by molar-refractivity contribution is -0.139. The normalized spacial score (nSPS) is 13.4. The van der Waals surface area contributed by atoms with Crippen molar-refractivity contribution in [3.63, 3.8) is 0 Å². The zero-order chi connectivity index (χ0) is 21.0. The van der Waals surface area contributed by atoms with Crippen LogP contribution >= 0.6 is 0 Å². The van der Waals surface area contributed by atoms with Crippen molar-refractivity contribution >= 4 is 12.0 Å². The number of fused-ring (bicyclic) bond motifs is 1. The average molecular weight is 407 g/mol. The number of likely N-dealkylation sites (N-methyl/N-ethyl adjacent to an activating group) is 1. The molecule has 3 rings (SSSR count). The summed E-state index contributed by atoms with van der Waals surface area (Å²) in [5, 5.41) is 0. The van der Waals surface area contributed by atoms with E-state index in [-0.39, 0.29) is 12.1 Å². The molecule has 0 aliphatic carbocycles. The minimum atomic E-state index is -4.47. The van der Waals surface area contributed by atoms with Crippen LogP contribution in [0.5, 0.6) is 17.2 Å².